The number of hydrogen-bond donors (Lipinski definition) is 1. The third-order valence-corrected chi connectivity index (χ3v) is 2.73. The number of benzene rings is 1. The summed E-state index contributed by atoms with van der Waals surface area (Å²) in [5.74, 6) is 0. The maximum atomic E-state index is 4.42. The minimum atomic E-state index is 0.968. The van der Waals surface area contributed by atoms with Gasteiger partial charge in [0.1, 0.15) is 0 Å². The Morgan fingerprint density at radius 1 is 1.36 bits per heavy atom. The number of hydrogen-bond acceptors (Lipinski definition) is 3. The molecule has 0 atom stereocenters. The van der Waals surface area contributed by atoms with Gasteiger partial charge in [-0.3, -0.25) is 0 Å². The van der Waals surface area contributed by atoms with Crippen LogP contribution in [-0.4, -0.2) is 30.3 Å². The number of imidazole rings is 1. The van der Waals surface area contributed by atoms with E-state index in [4.69, 9.17) is 0 Å². The molecule has 0 saturated heterocycles. The van der Waals surface area contributed by atoms with E-state index < -0.39 is 0 Å². The second kappa shape index (κ2) is 3.53. The van der Waals surface area contributed by atoms with Crippen molar-refractivity contribution >= 4 is 28.5 Å². The Hall–Kier alpha value is -1.16. The van der Waals surface area contributed by atoms with Gasteiger partial charge in [-0.1, -0.05) is 11.8 Å². The number of rotatable bonds is 2. The highest BCUT2D eigenvalue weighted by Gasteiger charge is 2.03. The average Bonchev–Trinajstić information content (AvgIpc) is 2.58. The summed E-state index contributed by atoms with van der Waals surface area (Å²) in [6.45, 7) is 0. The van der Waals surface area contributed by atoms with Crippen LogP contribution < -0.4 is 4.90 Å². The number of aromatic nitrogens is 2. The van der Waals surface area contributed by atoms with Crippen molar-refractivity contribution in [3.05, 3.63) is 18.2 Å². The maximum Gasteiger partial charge on any atom is 0.166 e. The van der Waals surface area contributed by atoms with E-state index in [2.05, 4.69) is 27.0 Å². The molecular formula is C10H13N3S. The third-order valence-electron chi connectivity index (χ3n) is 2.15. The van der Waals surface area contributed by atoms with Crippen LogP contribution in [0.3, 0.4) is 0 Å². The summed E-state index contributed by atoms with van der Waals surface area (Å²) in [6, 6.07) is 6.23. The molecule has 1 aromatic heterocycles. The van der Waals surface area contributed by atoms with E-state index in [-0.39, 0.29) is 0 Å². The Bertz CT molecular complexity index is 448. The van der Waals surface area contributed by atoms with Crippen molar-refractivity contribution in [3.63, 3.8) is 0 Å². The van der Waals surface area contributed by atoms with Crippen LogP contribution in [-0.2, 0) is 0 Å². The molecule has 0 saturated carbocycles. The first kappa shape index (κ1) is 9.40. The smallest absolute Gasteiger partial charge is 0.166 e. The lowest BCUT2D eigenvalue weighted by molar-refractivity contribution is 1.08. The molecule has 0 aliphatic rings. The number of nitrogens with one attached hydrogen (secondary N) is 1. The number of fused-ring (bicyclic) bond motifs is 1. The molecule has 74 valence electrons. The van der Waals surface area contributed by atoms with Crippen molar-refractivity contribution in [3.8, 4) is 0 Å². The summed E-state index contributed by atoms with van der Waals surface area (Å²) in [6.07, 6.45) is 2.02. The zero-order valence-electron chi connectivity index (χ0n) is 8.53. The van der Waals surface area contributed by atoms with Crippen LogP contribution in [0.25, 0.3) is 11.0 Å². The Balaban J connectivity index is 2.54. The largest absolute Gasteiger partial charge is 0.378 e. The van der Waals surface area contributed by atoms with Crippen LogP contribution in [0.5, 0.6) is 0 Å². The average molecular weight is 207 g/mol. The first-order valence-electron chi connectivity index (χ1n) is 4.42. The monoisotopic (exact) mass is 207 g/mol. The van der Waals surface area contributed by atoms with Gasteiger partial charge >= 0.3 is 0 Å². The van der Waals surface area contributed by atoms with Crippen LogP contribution in [0.15, 0.2) is 23.4 Å². The molecule has 0 radical (unpaired) electrons. The van der Waals surface area contributed by atoms with Gasteiger partial charge in [0, 0.05) is 19.8 Å². The minimum Gasteiger partial charge on any atom is -0.378 e. The Labute approximate surface area is 87.5 Å². The van der Waals surface area contributed by atoms with E-state index in [0.29, 0.717) is 0 Å². The Morgan fingerprint density at radius 3 is 2.79 bits per heavy atom. The number of aromatic amines is 1. The molecule has 0 amide bonds. The molecule has 0 unspecified atom stereocenters. The van der Waals surface area contributed by atoms with Crippen LogP contribution in [0, 0.1) is 0 Å². The molecular weight excluding hydrogens is 194 g/mol. The summed E-state index contributed by atoms with van der Waals surface area (Å²) >= 11 is 1.63. The molecule has 3 nitrogen and oxygen atoms in total. The predicted molar refractivity (Wildman–Crippen MR) is 62.2 cm³/mol. The Kier molecular flexibility index (Phi) is 2.37. The quantitative estimate of drug-likeness (QED) is 0.767. The molecule has 0 spiro atoms. The fourth-order valence-corrected chi connectivity index (χ4v) is 1.75. The van der Waals surface area contributed by atoms with Crippen LogP contribution in [0.1, 0.15) is 0 Å². The third kappa shape index (κ3) is 1.57. The summed E-state index contributed by atoms with van der Waals surface area (Å²) in [5.41, 5.74) is 3.31. The molecule has 0 fully saturated rings. The predicted octanol–water partition coefficient (Wildman–Crippen LogP) is 2.35. The number of anilines is 1. The molecule has 1 heterocycles. The molecule has 4 heteroatoms. The standard InChI is InChI=1S/C10H13N3S/c1-13(2)7-4-5-8-9(6-7)12-10(11-8)14-3/h4-6H,1-3H3,(H,11,12). The lowest BCUT2D eigenvalue weighted by Crippen LogP contribution is -2.07. The van der Waals surface area contributed by atoms with E-state index in [0.717, 1.165) is 16.2 Å². The van der Waals surface area contributed by atoms with Crippen molar-refractivity contribution in [1.29, 1.82) is 0 Å². The lowest BCUT2D eigenvalue weighted by Gasteiger charge is -2.11. The van der Waals surface area contributed by atoms with Gasteiger partial charge in [0.15, 0.2) is 5.16 Å². The van der Waals surface area contributed by atoms with Crippen molar-refractivity contribution in [2.24, 2.45) is 0 Å². The fourth-order valence-electron chi connectivity index (χ4n) is 1.35. The SMILES string of the molecule is CSc1nc2ccc(N(C)C)cc2[nH]1. The molecule has 0 aliphatic heterocycles. The number of H-pyrrole nitrogens is 1. The van der Waals surface area contributed by atoms with Gasteiger partial charge < -0.3 is 9.88 Å². The van der Waals surface area contributed by atoms with Crippen molar-refractivity contribution in [1.82, 2.24) is 9.97 Å². The molecule has 0 bridgehead atoms. The maximum absolute atomic E-state index is 4.42. The highest BCUT2D eigenvalue weighted by atomic mass is 32.2. The lowest BCUT2D eigenvalue weighted by atomic mass is 10.2. The zero-order chi connectivity index (χ0) is 10.1. The molecule has 0 aliphatic carbocycles. The second-order valence-electron chi connectivity index (χ2n) is 3.34. The first-order chi connectivity index (χ1) is 6.70. The van der Waals surface area contributed by atoms with Gasteiger partial charge in [0.05, 0.1) is 11.0 Å². The summed E-state index contributed by atoms with van der Waals surface area (Å²) in [5, 5.41) is 0.968. The van der Waals surface area contributed by atoms with Gasteiger partial charge in [-0.2, -0.15) is 0 Å². The van der Waals surface area contributed by atoms with Crippen LogP contribution >= 0.6 is 11.8 Å². The van der Waals surface area contributed by atoms with Gasteiger partial charge in [0.2, 0.25) is 0 Å². The van der Waals surface area contributed by atoms with E-state index in [1.54, 1.807) is 11.8 Å². The van der Waals surface area contributed by atoms with E-state index >= 15 is 0 Å². The van der Waals surface area contributed by atoms with Gasteiger partial charge in [-0.15, -0.1) is 0 Å². The second-order valence-corrected chi connectivity index (χ2v) is 4.14. The molecule has 1 aromatic carbocycles. The molecule has 2 rings (SSSR count). The van der Waals surface area contributed by atoms with E-state index in [1.807, 2.05) is 26.4 Å². The summed E-state index contributed by atoms with van der Waals surface area (Å²) in [4.78, 5) is 9.77. The summed E-state index contributed by atoms with van der Waals surface area (Å²) < 4.78 is 0. The van der Waals surface area contributed by atoms with E-state index in [1.165, 1.54) is 5.69 Å². The number of thioether (sulfide) groups is 1. The van der Waals surface area contributed by atoms with Crippen molar-refractivity contribution < 1.29 is 0 Å². The normalized spacial score (nSPS) is 10.8. The highest BCUT2D eigenvalue weighted by Crippen LogP contribution is 2.21. The van der Waals surface area contributed by atoms with Crippen LogP contribution in [0.2, 0.25) is 0 Å². The van der Waals surface area contributed by atoms with Gasteiger partial charge in [0.25, 0.3) is 0 Å². The Morgan fingerprint density at radius 2 is 2.14 bits per heavy atom. The molecule has 14 heavy (non-hydrogen) atoms. The van der Waals surface area contributed by atoms with Gasteiger partial charge in [-0.25, -0.2) is 4.98 Å². The zero-order valence-corrected chi connectivity index (χ0v) is 9.35. The summed E-state index contributed by atoms with van der Waals surface area (Å²) in [7, 11) is 4.07. The topological polar surface area (TPSA) is 31.9 Å². The molecule has 1 N–H and O–H groups in total. The van der Waals surface area contributed by atoms with Crippen molar-refractivity contribution in [2.75, 3.05) is 25.3 Å². The number of nitrogens with zero attached hydrogens (tertiary/aromatic N) is 2. The van der Waals surface area contributed by atoms with Crippen LogP contribution in [0.4, 0.5) is 5.69 Å². The fraction of sp³-hybridized carbons (Fsp3) is 0.300. The highest BCUT2D eigenvalue weighted by molar-refractivity contribution is 7.98. The molecule has 2 aromatic rings. The minimum absolute atomic E-state index is 0.968. The van der Waals surface area contributed by atoms with Gasteiger partial charge in [-0.05, 0) is 24.5 Å². The van der Waals surface area contributed by atoms with Crippen molar-refractivity contribution in [2.45, 2.75) is 5.16 Å². The first-order valence-corrected chi connectivity index (χ1v) is 5.64. The van der Waals surface area contributed by atoms with E-state index in [9.17, 15) is 0 Å².